The summed E-state index contributed by atoms with van der Waals surface area (Å²) in [5.41, 5.74) is 1.41. The van der Waals surface area contributed by atoms with Crippen molar-refractivity contribution in [1.29, 1.82) is 0 Å². The van der Waals surface area contributed by atoms with Crippen LogP contribution >= 0.6 is 0 Å². The monoisotopic (exact) mass is 327 g/mol. The second-order valence-corrected chi connectivity index (χ2v) is 5.26. The highest BCUT2D eigenvalue weighted by Gasteiger charge is 2.14. The van der Waals surface area contributed by atoms with E-state index in [-0.39, 0.29) is 29.2 Å². The van der Waals surface area contributed by atoms with Crippen molar-refractivity contribution in [3.05, 3.63) is 65.5 Å². The van der Waals surface area contributed by atoms with Crippen LogP contribution in [0.5, 0.6) is 0 Å². The molecule has 2 N–H and O–H groups in total. The number of hydrogen-bond acceptors (Lipinski definition) is 4. The van der Waals surface area contributed by atoms with Crippen molar-refractivity contribution in [3.8, 4) is 0 Å². The van der Waals surface area contributed by atoms with Gasteiger partial charge in [-0.1, -0.05) is 36.4 Å². The SMILES string of the molecule is COCCNC(=O)c1cccc(C(=O)NC(C)c2ccccc2)n1. The number of hydrogen-bond donors (Lipinski definition) is 2. The summed E-state index contributed by atoms with van der Waals surface area (Å²) >= 11 is 0. The molecule has 0 bridgehead atoms. The Hall–Kier alpha value is -2.73. The van der Waals surface area contributed by atoms with Gasteiger partial charge in [0.2, 0.25) is 0 Å². The van der Waals surface area contributed by atoms with Crippen molar-refractivity contribution in [2.75, 3.05) is 20.3 Å². The molecule has 1 atom stereocenters. The third-order valence-corrected chi connectivity index (χ3v) is 3.45. The molecule has 1 unspecified atom stereocenters. The lowest BCUT2D eigenvalue weighted by molar-refractivity contribution is 0.0928. The third kappa shape index (κ3) is 4.89. The number of amides is 2. The average Bonchev–Trinajstić information content (AvgIpc) is 2.62. The Kier molecular flexibility index (Phi) is 6.45. The van der Waals surface area contributed by atoms with Crippen LogP contribution in [0.25, 0.3) is 0 Å². The maximum Gasteiger partial charge on any atom is 0.270 e. The van der Waals surface area contributed by atoms with Crippen molar-refractivity contribution in [2.24, 2.45) is 0 Å². The minimum atomic E-state index is -0.335. The molecule has 2 amide bonds. The fraction of sp³-hybridized carbons (Fsp3) is 0.278. The number of ether oxygens (including phenoxy) is 1. The molecule has 0 saturated carbocycles. The van der Waals surface area contributed by atoms with Gasteiger partial charge in [0.05, 0.1) is 12.6 Å². The summed E-state index contributed by atoms with van der Waals surface area (Å²) in [7, 11) is 1.56. The molecule has 6 nitrogen and oxygen atoms in total. The molecule has 24 heavy (non-hydrogen) atoms. The summed E-state index contributed by atoms with van der Waals surface area (Å²) in [4.78, 5) is 28.4. The van der Waals surface area contributed by atoms with Gasteiger partial charge in [-0.3, -0.25) is 9.59 Å². The lowest BCUT2D eigenvalue weighted by Gasteiger charge is -2.14. The Balaban J connectivity index is 2.02. The largest absolute Gasteiger partial charge is 0.383 e. The fourth-order valence-electron chi connectivity index (χ4n) is 2.14. The van der Waals surface area contributed by atoms with Crippen LogP contribution in [0.3, 0.4) is 0 Å². The molecule has 126 valence electrons. The number of rotatable bonds is 7. The Morgan fingerprint density at radius 1 is 1.04 bits per heavy atom. The molecule has 0 aliphatic carbocycles. The number of carbonyl (C=O) groups is 2. The molecule has 1 aromatic carbocycles. The molecule has 0 aliphatic rings. The van der Waals surface area contributed by atoms with E-state index in [1.54, 1.807) is 25.3 Å². The highest BCUT2D eigenvalue weighted by Crippen LogP contribution is 2.12. The third-order valence-electron chi connectivity index (χ3n) is 3.45. The number of carbonyl (C=O) groups excluding carboxylic acids is 2. The first-order chi connectivity index (χ1) is 11.6. The van der Waals surface area contributed by atoms with E-state index in [0.717, 1.165) is 5.56 Å². The summed E-state index contributed by atoms with van der Waals surface area (Å²) in [6.45, 7) is 2.70. The van der Waals surface area contributed by atoms with E-state index in [4.69, 9.17) is 4.74 Å². The van der Waals surface area contributed by atoms with Crippen molar-refractivity contribution in [1.82, 2.24) is 15.6 Å². The minimum absolute atomic E-state index is 0.153. The number of pyridine rings is 1. The van der Waals surface area contributed by atoms with Gasteiger partial charge < -0.3 is 15.4 Å². The number of nitrogens with zero attached hydrogens (tertiary/aromatic N) is 1. The molecular formula is C18H21N3O3. The van der Waals surface area contributed by atoms with Gasteiger partial charge in [0, 0.05) is 13.7 Å². The summed E-state index contributed by atoms with van der Waals surface area (Å²) in [5.74, 6) is -0.657. The summed E-state index contributed by atoms with van der Waals surface area (Å²) in [6.07, 6.45) is 0. The van der Waals surface area contributed by atoms with E-state index in [1.165, 1.54) is 0 Å². The van der Waals surface area contributed by atoms with Gasteiger partial charge in [-0.05, 0) is 24.6 Å². The van der Waals surface area contributed by atoms with Gasteiger partial charge in [0.25, 0.3) is 11.8 Å². The van der Waals surface area contributed by atoms with Crippen molar-refractivity contribution < 1.29 is 14.3 Å². The van der Waals surface area contributed by atoms with Crippen LogP contribution in [0, 0.1) is 0 Å². The highest BCUT2D eigenvalue weighted by molar-refractivity contribution is 5.96. The van der Waals surface area contributed by atoms with Crippen molar-refractivity contribution in [3.63, 3.8) is 0 Å². The number of aromatic nitrogens is 1. The highest BCUT2D eigenvalue weighted by atomic mass is 16.5. The molecule has 2 aromatic rings. The second-order valence-electron chi connectivity index (χ2n) is 5.26. The number of nitrogens with one attached hydrogen (secondary N) is 2. The lowest BCUT2D eigenvalue weighted by Crippen LogP contribution is -2.30. The molecule has 2 rings (SSSR count). The Morgan fingerprint density at radius 3 is 2.38 bits per heavy atom. The molecule has 0 aliphatic heterocycles. The Labute approximate surface area is 141 Å². The summed E-state index contributed by atoms with van der Waals surface area (Å²) < 4.78 is 4.88. The van der Waals surface area contributed by atoms with E-state index in [9.17, 15) is 9.59 Å². The minimum Gasteiger partial charge on any atom is -0.383 e. The standard InChI is InChI=1S/C18H21N3O3/c1-13(14-7-4-3-5-8-14)20-18(23)16-10-6-9-15(21-16)17(22)19-11-12-24-2/h3-10,13H,11-12H2,1-2H3,(H,19,22)(H,20,23). The molecule has 0 saturated heterocycles. The maximum absolute atomic E-state index is 12.3. The number of benzene rings is 1. The Morgan fingerprint density at radius 2 is 1.71 bits per heavy atom. The summed E-state index contributed by atoms with van der Waals surface area (Å²) in [5, 5.41) is 5.55. The van der Waals surface area contributed by atoms with Gasteiger partial charge in [0.15, 0.2) is 0 Å². The zero-order valence-electron chi connectivity index (χ0n) is 13.8. The predicted molar refractivity (Wildman–Crippen MR) is 90.8 cm³/mol. The second kappa shape index (κ2) is 8.79. The normalized spacial score (nSPS) is 11.6. The van der Waals surface area contributed by atoms with Crippen LogP contribution in [-0.4, -0.2) is 37.1 Å². The van der Waals surface area contributed by atoms with E-state index in [2.05, 4.69) is 15.6 Å². The smallest absolute Gasteiger partial charge is 0.270 e. The van der Waals surface area contributed by atoms with Gasteiger partial charge >= 0.3 is 0 Å². The van der Waals surface area contributed by atoms with Gasteiger partial charge in [-0.25, -0.2) is 4.98 Å². The van der Waals surface area contributed by atoms with Crippen LogP contribution < -0.4 is 10.6 Å². The maximum atomic E-state index is 12.3. The van der Waals surface area contributed by atoms with Gasteiger partial charge in [-0.15, -0.1) is 0 Å². The van der Waals surface area contributed by atoms with E-state index >= 15 is 0 Å². The molecule has 0 radical (unpaired) electrons. The van der Waals surface area contributed by atoms with Crippen LogP contribution in [0.4, 0.5) is 0 Å². The van der Waals surface area contributed by atoms with Crippen LogP contribution in [-0.2, 0) is 4.74 Å². The van der Waals surface area contributed by atoms with Crippen molar-refractivity contribution in [2.45, 2.75) is 13.0 Å². The zero-order valence-corrected chi connectivity index (χ0v) is 13.8. The van der Waals surface area contributed by atoms with Gasteiger partial charge in [0.1, 0.15) is 11.4 Å². The quantitative estimate of drug-likeness (QED) is 0.762. The predicted octanol–water partition coefficient (Wildman–Crippen LogP) is 1.95. The van der Waals surface area contributed by atoms with Crippen molar-refractivity contribution >= 4 is 11.8 Å². The van der Waals surface area contributed by atoms with Crippen LogP contribution in [0.1, 0.15) is 39.5 Å². The van der Waals surface area contributed by atoms with Crippen LogP contribution in [0.15, 0.2) is 48.5 Å². The first kappa shape index (κ1) is 17.6. The van der Waals surface area contributed by atoms with Crippen LogP contribution in [0.2, 0.25) is 0 Å². The molecule has 0 fully saturated rings. The first-order valence-electron chi connectivity index (χ1n) is 7.72. The first-order valence-corrected chi connectivity index (χ1v) is 7.72. The molecule has 0 spiro atoms. The molecular weight excluding hydrogens is 306 g/mol. The fourth-order valence-corrected chi connectivity index (χ4v) is 2.14. The van der Waals surface area contributed by atoms with E-state index in [1.807, 2.05) is 37.3 Å². The topological polar surface area (TPSA) is 80.3 Å². The average molecular weight is 327 g/mol. The lowest BCUT2D eigenvalue weighted by atomic mass is 10.1. The zero-order chi connectivity index (χ0) is 17.4. The van der Waals surface area contributed by atoms with Gasteiger partial charge in [-0.2, -0.15) is 0 Å². The molecule has 6 heteroatoms. The Bertz CT molecular complexity index is 689. The van der Waals surface area contributed by atoms with E-state index in [0.29, 0.717) is 13.2 Å². The van der Waals surface area contributed by atoms with E-state index < -0.39 is 0 Å². The summed E-state index contributed by atoms with van der Waals surface area (Å²) in [6, 6.07) is 14.3. The molecule has 1 aromatic heterocycles. The number of methoxy groups -OCH3 is 1. The molecule has 1 heterocycles.